The van der Waals surface area contributed by atoms with Crippen LogP contribution < -0.4 is 5.32 Å². The van der Waals surface area contributed by atoms with Gasteiger partial charge in [0.2, 0.25) is 11.8 Å². The minimum Gasteiger partial charge on any atom is -0.330 e. The Morgan fingerprint density at radius 3 is 2.54 bits per heavy atom. The lowest BCUT2D eigenvalue weighted by molar-refractivity contribution is -0.385. The lowest BCUT2D eigenvalue weighted by Gasteiger charge is -2.24. The highest BCUT2D eigenvalue weighted by Crippen LogP contribution is 2.23. The maximum atomic E-state index is 12.7. The molecule has 2 amide bonds. The molecule has 1 unspecified atom stereocenters. The van der Waals surface area contributed by atoms with Crippen LogP contribution in [0.1, 0.15) is 18.4 Å². The Kier molecular flexibility index (Phi) is 5.26. The first-order chi connectivity index (χ1) is 12.6. The van der Waals surface area contributed by atoms with Gasteiger partial charge >= 0.3 is 0 Å². The van der Waals surface area contributed by atoms with Gasteiger partial charge in [0.25, 0.3) is 5.69 Å². The van der Waals surface area contributed by atoms with Crippen molar-refractivity contribution in [3.8, 4) is 0 Å². The molecule has 0 radical (unpaired) electrons. The fourth-order valence-electron chi connectivity index (χ4n) is 3.19. The van der Waals surface area contributed by atoms with E-state index in [-0.39, 0.29) is 23.9 Å². The van der Waals surface area contributed by atoms with E-state index in [9.17, 15) is 19.7 Å². The molecule has 1 saturated heterocycles. The summed E-state index contributed by atoms with van der Waals surface area (Å²) in [5, 5.41) is 13.9. The Labute approximate surface area is 150 Å². The van der Waals surface area contributed by atoms with Crippen molar-refractivity contribution in [1.82, 2.24) is 4.90 Å². The van der Waals surface area contributed by atoms with Gasteiger partial charge in [0.05, 0.1) is 11.3 Å². The smallest absolute Gasteiger partial charge is 0.273 e. The topological polar surface area (TPSA) is 92.6 Å². The quantitative estimate of drug-likeness (QED) is 0.661. The standard InChI is InChI=1S/C19H19N3O4/c23-18(13-14-7-4-5-10-16(14)22(25)26)21-12-6-11-17(21)19(24)20-15-8-2-1-3-9-15/h1-5,7-10,17H,6,11-13H2,(H,20,24). The number of hydrogen-bond donors (Lipinski definition) is 1. The molecule has 7 nitrogen and oxygen atoms in total. The van der Waals surface area contributed by atoms with Crippen LogP contribution in [0.5, 0.6) is 0 Å². The number of hydrogen-bond acceptors (Lipinski definition) is 4. The second-order valence-corrected chi connectivity index (χ2v) is 6.16. The first kappa shape index (κ1) is 17.6. The fourth-order valence-corrected chi connectivity index (χ4v) is 3.19. The number of benzene rings is 2. The Bertz CT molecular complexity index is 823. The minimum atomic E-state index is -0.550. The molecule has 1 atom stereocenters. The highest BCUT2D eigenvalue weighted by atomic mass is 16.6. The van der Waals surface area contributed by atoms with E-state index < -0.39 is 11.0 Å². The number of nitrogens with one attached hydrogen (secondary N) is 1. The lowest BCUT2D eigenvalue weighted by Crippen LogP contribution is -2.43. The van der Waals surface area contributed by atoms with Gasteiger partial charge in [0.15, 0.2) is 0 Å². The average Bonchev–Trinajstić information content (AvgIpc) is 3.13. The maximum absolute atomic E-state index is 12.7. The molecule has 2 aromatic rings. The predicted molar refractivity (Wildman–Crippen MR) is 96.6 cm³/mol. The number of para-hydroxylation sites is 2. The molecular formula is C19H19N3O4. The van der Waals surface area contributed by atoms with E-state index in [4.69, 9.17) is 0 Å². The van der Waals surface area contributed by atoms with Gasteiger partial charge in [-0.2, -0.15) is 0 Å². The summed E-state index contributed by atoms with van der Waals surface area (Å²) >= 11 is 0. The minimum absolute atomic E-state index is 0.0784. The highest BCUT2D eigenvalue weighted by molar-refractivity contribution is 5.97. The summed E-state index contributed by atoms with van der Waals surface area (Å²) in [6.07, 6.45) is 1.23. The second kappa shape index (κ2) is 7.77. The number of nitro benzene ring substituents is 1. The van der Waals surface area contributed by atoms with E-state index in [0.29, 0.717) is 24.2 Å². The molecular weight excluding hydrogens is 334 g/mol. The predicted octanol–water partition coefficient (Wildman–Crippen LogP) is 2.77. The molecule has 0 aliphatic carbocycles. The van der Waals surface area contributed by atoms with Crippen molar-refractivity contribution < 1.29 is 14.5 Å². The molecule has 1 fully saturated rings. The van der Waals surface area contributed by atoms with Gasteiger partial charge in [-0.15, -0.1) is 0 Å². The monoisotopic (exact) mass is 353 g/mol. The van der Waals surface area contributed by atoms with Crippen molar-refractivity contribution in [2.75, 3.05) is 11.9 Å². The van der Waals surface area contributed by atoms with Gasteiger partial charge in [-0.25, -0.2) is 0 Å². The molecule has 0 spiro atoms. The van der Waals surface area contributed by atoms with Crippen molar-refractivity contribution in [2.45, 2.75) is 25.3 Å². The Morgan fingerprint density at radius 1 is 1.12 bits per heavy atom. The third kappa shape index (κ3) is 3.88. The van der Waals surface area contributed by atoms with Crippen LogP contribution in [0.25, 0.3) is 0 Å². The van der Waals surface area contributed by atoms with E-state index in [1.165, 1.54) is 11.0 Å². The van der Waals surface area contributed by atoms with Crippen molar-refractivity contribution in [3.05, 3.63) is 70.3 Å². The highest BCUT2D eigenvalue weighted by Gasteiger charge is 2.34. The van der Waals surface area contributed by atoms with Crippen LogP contribution in [-0.2, 0) is 16.0 Å². The molecule has 0 aromatic heterocycles. The Balaban J connectivity index is 1.71. The number of rotatable bonds is 5. The largest absolute Gasteiger partial charge is 0.330 e. The average molecular weight is 353 g/mol. The molecule has 3 rings (SSSR count). The molecule has 134 valence electrons. The zero-order valence-electron chi connectivity index (χ0n) is 14.1. The van der Waals surface area contributed by atoms with E-state index in [1.54, 1.807) is 30.3 Å². The van der Waals surface area contributed by atoms with Crippen LogP contribution in [-0.4, -0.2) is 34.2 Å². The molecule has 0 bridgehead atoms. The number of likely N-dealkylation sites (tertiary alicyclic amines) is 1. The van der Waals surface area contributed by atoms with Gasteiger partial charge in [-0.05, 0) is 25.0 Å². The van der Waals surface area contributed by atoms with Crippen molar-refractivity contribution in [3.63, 3.8) is 0 Å². The van der Waals surface area contributed by atoms with Crippen molar-refractivity contribution in [2.24, 2.45) is 0 Å². The molecule has 0 saturated carbocycles. The van der Waals surface area contributed by atoms with E-state index >= 15 is 0 Å². The Hall–Kier alpha value is -3.22. The van der Waals surface area contributed by atoms with E-state index in [1.807, 2.05) is 18.2 Å². The van der Waals surface area contributed by atoms with Gasteiger partial charge in [0, 0.05) is 23.9 Å². The first-order valence-electron chi connectivity index (χ1n) is 8.44. The molecule has 26 heavy (non-hydrogen) atoms. The fraction of sp³-hybridized carbons (Fsp3) is 0.263. The maximum Gasteiger partial charge on any atom is 0.273 e. The summed E-state index contributed by atoms with van der Waals surface area (Å²) in [5.41, 5.74) is 0.956. The zero-order chi connectivity index (χ0) is 18.5. The number of nitro groups is 1. The van der Waals surface area contributed by atoms with Gasteiger partial charge in [0.1, 0.15) is 6.04 Å². The summed E-state index contributed by atoms with van der Waals surface area (Å²) in [5.74, 6) is -0.505. The van der Waals surface area contributed by atoms with Crippen molar-refractivity contribution in [1.29, 1.82) is 0 Å². The van der Waals surface area contributed by atoms with Crippen LogP contribution in [0.4, 0.5) is 11.4 Å². The summed E-state index contributed by atoms with van der Waals surface area (Å²) in [6, 6.07) is 14.7. The van der Waals surface area contributed by atoms with Crippen LogP contribution in [0.15, 0.2) is 54.6 Å². The second-order valence-electron chi connectivity index (χ2n) is 6.16. The van der Waals surface area contributed by atoms with Gasteiger partial charge < -0.3 is 10.2 Å². The summed E-state index contributed by atoms with van der Waals surface area (Å²) in [7, 11) is 0. The number of carbonyl (C=O) groups is 2. The summed E-state index contributed by atoms with van der Waals surface area (Å²) in [6.45, 7) is 0.479. The van der Waals surface area contributed by atoms with Crippen LogP contribution in [0.2, 0.25) is 0 Å². The van der Waals surface area contributed by atoms with Gasteiger partial charge in [-0.3, -0.25) is 19.7 Å². The third-order valence-corrected chi connectivity index (χ3v) is 4.45. The molecule has 1 N–H and O–H groups in total. The molecule has 1 aliphatic heterocycles. The van der Waals surface area contributed by atoms with E-state index in [0.717, 1.165) is 6.42 Å². The third-order valence-electron chi connectivity index (χ3n) is 4.45. The zero-order valence-corrected chi connectivity index (χ0v) is 14.1. The van der Waals surface area contributed by atoms with Crippen LogP contribution in [0, 0.1) is 10.1 Å². The van der Waals surface area contributed by atoms with Crippen LogP contribution in [0.3, 0.4) is 0 Å². The first-order valence-corrected chi connectivity index (χ1v) is 8.44. The van der Waals surface area contributed by atoms with Crippen molar-refractivity contribution >= 4 is 23.2 Å². The van der Waals surface area contributed by atoms with Gasteiger partial charge in [-0.1, -0.05) is 36.4 Å². The number of amides is 2. The summed E-state index contributed by atoms with van der Waals surface area (Å²) in [4.78, 5) is 37.4. The summed E-state index contributed by atoms with van der Waals surface area (Å²) < 4.78 is 0. The molecule has 1 aliphatic rings. The number of anilines is 1. The molecule has 1 heterocycles. The SMILES string of the molecule is O=C(Nc1ccccc1)C1CCCN1C(=O)Cc1ccccc1[N+](=O)[O-]. The molecule has 2 aromatic carbocycles. The normalized spacial score (nSPS) is 16.3. The van der Waals surface area contributed by atoms with E-state index in [2.05, 4.69) is 5.32 Å². The lowest BCUT2D eigenvalue weighted by atomic mass is 10.1. The number of nitrogens with zero attached hydrogens (tertiary/aromatic N) is 2. The molecule has 7 heteroatoms. The van der Waals surface area contributed by atoms with Crippen LogP contribution >= 0.6 is 0 Å². The number of carbonyl (C=O) groups excluding carboxylic acids is 2. The Morgan fingerprint density at radius 2 is 1.81 bits per heavy atom.